The van der Waals surface area contributed by atoms with Crippen molar-refractivity contribution in [1.82, 2.24) is 4.98 Å². The molecule has 5 heteroatoms. The van der Waals surface area contributed by atoms with E-state index in [9.17, 15) is 9.18 Å². The fourth-order valence-corrected chi connectivity index (χ4v) is 3.02. The first-order valence-corrected chi connectivity index (χ1v) is 8.05. The van der Waals surface area contributed by atoms with Gasteiger partial charge in [0.1, 0.15) is 10.8 Å². The van der Waals surface area contributed by atoms with Gasteiger partial charge in [-0.1, -0.05) is 36.4 Å². The monoisotopic (exact) mass is 326 g/mol. The third-order valence-corrected chi connectivity index (χ3v) is 4.25. The van der Waals surface area contributed by atoms with E-state index in [4.69, 9.17) is 0 Å². The number of nitrogens with one attached hydrogen (secondary N) is 1. The molecule has 3 rings (SSSR count). The standard InChI is InChI=1S/C18H15FN2OS/c1-12-7-8-15(19)16(9-12)21-17(22)10-14-11-23-18(20-14)13-5-3-2-4-6-13/h2-9,11H,10H2,1H3,(H,21,22). The average molecular weight is 326 g/mol. The Balaban J connectivity index is 1.69. The van der Waals surface area contributed by atoms with Gasteiger partial charge in [-0.3, -0.25) is 4.79 Å². The van der Waals surface area contributed by atoms with Gasteiger partial charge < -0.3 is 5.32 Å². The number of benzene rings is 2. The predicted molar refractivity (Wildman–Crippen MR) is 91.0 cm³/mol. The van der Waals surface area contributed by atoms with Crippen LogP contribution in [-0.4, -0.2) is 10.9 Å². The summed E-state index contributed by atoms with van der Waals surface area (Å²) in [5, 5.41) is 5.33. The summed E-state index contributed by atoms with van der Waals surface area (Å²) in [6.07, 6.45) is 0.122. The second-order valence-corrected chi connectivity index (χ2v) is 6.08. The highest BCUT2D eigenvalue weighted by Crippen LogP contribution is 2.23. The number of hydrogen-bond donors (Lipinski definition) is 1. The lowest BCUT2D eigenvalue weighted by Gasteiger charge is -2.06. The Bertz CT molecular complexity index is 830. The number of hydrogen-bond acceptors (Lipinski definition) is 3. The lowest BCUT2D eigenvalue weighted by atomic mass is 10.2. The summed E-state index contributed by atoms with van der Waals surface area (Å²) >= 11 is 1.49. The molecule has 1 amide bonds. The van der Waals surface area contributed by atoms with E-state index in [1.54, 1.807) is 12.1 Å². The van der Waals surface area contributed by atoms with Gasteiger partial charge in [-0.05, 0) is 24.6 Å². The molecule has 0 radical (unpaired) electrons. The average Bonchev–Trinajstić information content (AvgIpc) is 3.00. The van der Waals surface area contributed by atoms with Gasteiger partial charge in [-0.15, -0.1) is 11.3 Å². The van der Waals surface area contributed by atoms with Crippen molar-refractivity contribution in [3.8, 4) is 10.6 Å². The molecule has 0 atom stereocenters. The van der Waals surface area contributed by atoms with Gasteiger partial charge in [-0.2, -0.15) is 0 Å². The quantitative estimate of drug-likeness (QED) is 0.770. The van der Waals surface area contributed by atoms with Crippen LogP contribution in [0.3, 0.4) is 0 Å². The molecule has 0 spiro atoms. The molecule has 0 aliphatic heterocycles. The first kappa shape index (κ1) is 15.4. The Kier molecular flexibility index (Phi) is 4.48. The topological polar surface area (TPSA) is 42.0 Å². The number of carbonyl (C=O) groups excluding carboxylic acids is 1. The molecule has 1 aromatic heterocycles. The van der Waals surface area contributed by atoms with E-state index in [0.717, 1.165) is 16.1 Å². The van der Waals surface area contributed by atoms with Gasteiger partial charge in [0, 0.05) is 10.9 Å². The number of nitrogens with zero attached hydrogens (tertiary/aromatic N) is 1. The van der Waals surface area contributed by atoms with Gasteiger partial charge in [-0.25, -0.2) is 9.37 Å². The van der Waals surface area contributed by atoms with Crippen molar-refractivity contribution in [3.63, 3.8) is 0 Å². The summed E-state index contributed by atoms with van der Waals surface area (Å²) in [6, 6.07) is 14.4. The Hall–Kier alpha value is -2.53. The number of carbonyl (C=O) groups is 1. The largest absolute Gasteiger partial charge is 0.323 e. The Morgan fingerprint density at radius 3 is 2.78 bits per heavy atom. The number of rotatable bonds is 4. The molecular formula is C18H15FN2OS. The summed E-state index contributed by atoms with van der Waals surface area (Å²) in [6.45, 7) is 1.85. The summed E-state index contributed by atoms with van der Waals surface area (Å²) in [7, 11) is 0. The van der Waals surface area contributed by atoms with Crippen LogP contribution in [0.4, 0.5) is 10.1 Å². The molecule has 0 aliphatic carbocycles. The molecule has 0 aliphatic rings. The van der Waals surface area contributed by atoms with Gasteiger partial charge in [0.25, 0.3) is 0 Å². The van der Waals surface area contributed by atoms with Gasteiger partial charge in [0.2, 0.25) is 5.91 Å². The maximum Gasteiger partial charge on any atom is 0.230 e. The molecule has 0 unspecified atom stereocenters. The van der Waals surface area contributed by atoms with Crippen molar-refractivity contribution in [2.45, 2.75) is 13.3 Å². The highest BCUT2D eigenvalue weighted by molar-refractivity contribution is 7.13. The number of anilines is 1. The fourth-order valence-electron chi connectivity index (χ4n) is 2.20. The second-order valence-electron chi connectivity index (χ2n) is 5.22. The molecule has 0 saturated heterocycles. The van der Waals surface area contributed by atoms with Crippen molar-refractivity contribution in [2.75, 3.05) is 5.32 Å². The molecule has 116 valence electrons. The zero-order valence-corrected chi connectivity index (χ0v) is 13.4. The van der Waals surface area contributed by atoms with Crippen molar-refractivity contribution >= 4 is 22.9 Å². The van der Waals surface area contributed by atoms with Crippen LogP contribution in [0.15, 0.2) is 53.9 Å². The van der Waals surface area contributed by atoms with Crippen LogP contribution >= 0.6 is 11.3 Å². The van der Waals surface area contributed by atoms with Crippen molar-refractivity contribution in [2.24, 2.45) is 0 Å². The van der Waals surface area contributed by atoms with Crippen LogP contribution in [0.2, 0.25) is 0 Å². The van der Waals surface area contributed by atoms with Crippen LogP contribution in [0.5, 0.6) is 0 Å². The lowest BCUT2D eigenvalue weighted by Crippen LogP contribution is -2.15. The number of amides is 1. The molecule has 0 bridgehead atoms. The van der Waals surface area contributed by atoms with Gasteiger partial charge in [0.15, 0.2) is 0 Å². The van der Waals surface area contributed by atoms with E-state index in [1.165, 1.54) is 17.4 Å². The molecule has 1 N–H and O–H groups in total. The van der Waals surface area contributed by atoms with E-state index in [-0.39, 0.29) is 18.0 Å². The van der Waals surface area contributed by atoms with E-state index < -0.39 is 5.82 Å². The van der Waals surface area contributed by atoms with E-state index in [2.05, 4.69) is 10.3 Å². The third kappa shape index (κ3) is 3.81. The van der Waals surface area contributed by atoms with Crippen molar-refractivity contribution < 1.29 is 9.18 Å². The summed E-state index contributed by atoms with van der Waals surface area (Å²) in [5.41, 5.74) is 2.79. The third-order valence-electron chi connectivity index (χ3n) is 3.31. The van der Waals surface area contributed by atoms with E-state index >= 15 is 0 Å². The van der Waals surface area contributed by atoms with Gasteiger partial charge >= 0.3 is 0 Å². The highest BCUT2D eigenvalue weighted by Gasteiger charge is 2.11. The number of thiazole rings is 1. The molecule has 3 aromatic rings. The molecule has 0 saturated carbocycles. The number of aryl methyl sites for hydroxylation is 1. The Morgan fingerprint density at radius 2 is 2.00 bits per heavy atom. The zero-order chi connectivity index (χ0) is 16.2. The van der Waals surface area contributed by atoms with Crippen LogP contribution in [0, 0.1) is 12.7 Å². The summed E-state index contributed by atoms with van der Waals surface area (Å²) < 4.78 is 13.7. The van der Waals surface area contributed by atoms with E-state index in [0.29, 0.717) is 5.69 Å². The fraction of sp³-hybridized carbons (Fsp3) is 0.111. The van der Waals surface area contributed by atoms with Crippen molar-refractivity contribution in [1.29, 1.82) is 0 Å². The summed E-state index contributed by atoms with van der Waals surface area (Å²) in [4.78, 5) is 16.5. The molecule has 0 fully saturated rings. The first-order chi connectivity index (χ1) is 11.1. The number of aromatic nitrogens is 1. The predicted octanol–water partition coefficient (Wildman–Crippen LogP) is 4.44. The minimum atomic E-state index is -0.438. The minimum absolute atomic E-state index is 0.122. The van der Waals surface area contributed by atoms with Crippen molar-refractivity contribution in [3.05, 3.63) is 71.0 Å². The van der Waals surface area contributed by atoms with Gasteiger partial charge in [0.05, 0.1) is 17.8 Å². The maximum atomic E-state index is 13.7. The molecule has 3 nitrogen and oxygen atoms in total. The van der Waals surface area contributed by atoms with Crippen LogP contribution in [-0.2, 0) is 11.2 Å². The molecule has 23 heavy (non-hydrogen) atoms. The SMILES string of the molecule is Cc1ccc(F)c(NC(=O)Cc2csc(-c3ccccc3)n2)c1. The van der Waals surface area contributed by atoms with Crippen LogP contribution in [0.25, 0.3) is 10.6 Å². The number of halogens is 1. The zero-order valence-electron chi connectivity index (χ0n) is 12.5. The molecule has 1 heterocycles. The first-order valence-electron chi connectivity index (χ1n) is 7.17. The minimum Gasteiger partial charge on any atom is -0.323 e. The lowest BCUT2D eigenvalue weighted by molar-refractivity contribution is -0.115. The smallest absolute Gasteiger partial charge is 0.230 e. The van der Waals surface area contributed by atoms with E-state index in [1.807, 2.05) is 42.6 Å². The Labute approximate surface area is 137 Å². The highest BCUT2D eigenvalue weighted by atomic mass is 32.1. The molecule has 2 aromatic carbocycles. The Morgan fingerprint density at radius 1 is 1.22 bits per heavy atom. The summed E-state index contributed by atoms with van der Waals surface area (Å²) in [5.74, 6) is -0.716. The molecular weight excluding hydrogens is 311 g/mol. The second kappa shape index (κ2) is 6.71. The van der Waals surface area contributed by atoms with Crippen LogP contribution < -0.4 is 5.32 Å². The van der Waals surface area contributed by atoms with Crippen LogP contribution in [0.1, 0.15) is 11.3 Å². The normalized spacial score (nSPS) is 10.5. The maximum absolute atomic E-state index is 13.7.